The van der Waals surface area contributed by atoms with Crippen molar-refractivity contribution >= 4 is 0 Å². The monoisotopic (exact) mass is 194 g/mol. The molecule has 0 saturated heterocycles. The molecule has 0 atom stereocenters. The lowest BCUT2D eigenvalue weighted by Gasteiger charge is -2.34. The zero-order chi connectivity index (χ0) is 10.2. The van der Waals surface area contributed by atoms with Crippen LogP contribution in [0.1, 0.15) is 43.5 Å². The summed E-state index contributed by atoms with van der Waals surface area (Å²) in [5.41, 5.74) is 6.72. The average Bonchev–Trinajstić information content (AvgIpc) is 2.45. The molecule has 0 bridgehead atoms. The van der Waals surface area contributed by atoms with Crippen LogP contribution >= 0.6 is 0 Å². The van der Waals surface area contributed by atoms with Crippen molar-refractivity contribution in [1.82, 2.24) is 4.98 Å². The van der Waals surface area contributed by atoms with Crippen molar-refractivity contribution in [3.05, 3.63) is 17.3 Å². The summed E-state index contributed by atoms with van der Waals surface area (Å²) in [7, 11) is 0. The second kappa shape index (κ2) is 3.39. The molecule has 1 aliphatic carbocycles. The predicted octanol–water partition coefficient (Wildman–Crippen LogP) is 1.93. The average molecular weight is 194 g/mol. The Hall–Kier alpha value is -0.830. The van der Waals surface area contributed by atoms with E-state index in [1.54, 1.807) is 0 Å². The summed E-state index contributed by atoms with van der Waals surface area (Å²) in [6.07, 6.45) is 4.50. The molecular weight excluding hydrogens is 176 g/mol. The summed E-state index contributed by atoms with van der Waals surface area (Å²) in [5.74, 6) is 1.89. The first-order chi connectivity index (χ1) is 6.65. The van der Waals surface area contributed by atoms with Gasteiger partial charge in [-0.15, -0.1) is 0 Å². The first kappa shape index (κ1) is 9.71. The number of aromatic nitrogens is 1. The van der Waals surface area contributed by atoms with Crippen LogP contribution in [0, 0.1) is 6.92 Å². The summed E-state index contributed by atoms with van der Waals surface area (Å²) in [4.78, 5) is 4.50. The van der Waals surface area contributed by atoms with Crippen LogP contribution in [0.5, 0.6) is 0 Å². The predicted molar refractivity (Wildman–Crippen MR) is 55.2 cm³/mol. The van der Waals surface area contributed by atoms with Crippen molar-refractivity contribution in [1.29, 1.82) is 0 Å². The normalized spacial score (nSPS) is 19.4. The van der Waals surface area contributed by atoms with Gasteiger partial charge >= 0.3 is 0 Å². The third kappa shape index (κ3) is 1.46. The van der Waals surface area contributed by atoms with Gasteiger partial charge in [0.15, 0.2) is 0 Å². The van der Waals surface area contributed by atoms with Gasteiger partial charge in [0.1, 0.15) is 5.76 Å². The molecule has 3 nitrogen and oxygen atoms in total. The zero-order valence-corrected chi connectivity index (χ0v) is 8.97. The number of oxazole rings is 1. The first-order valence-electron chi connectivity index (χ1n) is 5.32. The van der Waals surface area contributed by atoms with Gasteiger partial charge in [-0.1, -0.05) is 13.3 Å². The minimum absolute atomic E-state index is 0.206. The van der Waals surface area contributed by atoms with Gasteiger partial charge in [-0.2, -0.15) is 0 Å². The van der Waals surface area contributed by atoms with E-state index in [0.29, 0.717) is 6.54 Å². The molecule has 0 aliphatic heterocycles. The van der Waals surface area contributed by atoms with E-state index in [1.165, 1.54) is 19.3 Å². The van der Waals surface area contributed by atoms with E-state index < -0.39 is 0 Å². The molecular formula is C11H18N2O. The van der Waals surface area contributed by atoms with Gasteiger partial charge in [0.25, 0.3) is 0 Å². The molecule has 1 aromatic rings. The Balaban J connectivity index is 2.23. The maximum Gasteiger partial charge on any atom is 0.200 e. The Morgan fingerprint density at radius 2 is 2.21 bits per heavy atom. The van der Waals surface area contributed by atoms with E-state index in [4.69, 9.17) is 10.2 Å². The Labute approximate surface area is 84.7 Å². The molecule has 0 spiro atoms. The molecule has 14 heavy (non-hydrogen) atoms. The fraction of sp³-hybridized carbons (Fsp3) is 0.727. The van der Waals surface area contributed by atoms with Crippen LogP contribution in [0.4, 0.5) is 0 Å². The molecule has 2 rings (SSSR count). The van der Waals surface area contributed by atoms with Crippen molar-refractivity contribution < 1.29 is 4.42 Å². The third-order valence-electron chi connectivity index (χ3n) is 3.24. The summed E-state index contributed by atoms with van der Waals surface area (Å²) in [6.45, 7) is 4.86. The number of hydrogen-bond donors (Lipinski definition) is 1. The van der Waals surface area contributed by atoms with Crippen molar-refractivity contribution in [3.8, 4) is 0 Å². The Morgan fingerprint density at radius 1 is 1.50 bits per heavy atom. The molecule has 1 heterocycles. The molecule has 2 N–H and O–H groups in total. The number of hydrogen-bond acceptors (Lipinski definition) is 3. The standard InChI is InChI=1S/C11H18N2O/c1-8-9(4-7-12)14-10(13-8)11(2)5-3-6-11/h3-7,12H2,1-2H3. The molecule has 0 amide bonds. The van der Waals surface area contributed by atoms with Crippen molar-refractivity contribution in [3.63, 3.8) is 0 Å². The van der Waals surface area contributed by atoms with Crippen molar-refractivity contribution in [2.24, 2.45) is 5.73 Å². The first-order valence-corrected chi connectivity index (χ1v) is 5.32. The fourth-order valence-corrected chi connectivity index (χ4v) is 1.97. The second-order valence-corrected chi connectivity index (χ2v) is 4.48. The van der Waals surface area contributed by atoms with E-state index in [9.17, 15) is 0 Å². The molecule has 0 unspecified atom stereocenters. The van der Waals surface area contributed by atoms with Crippen LogP contribution in [-0.4, -0.2) is 11.5 Å². The fourth-order valence-electron chi connectivity index (χ4n) is 1.97. The van der Waals surface area contributed by atoms with Crippen molar-refractivity contribution in [2.75, 3.05) is 6.54 Å². The lowest BCUT2D eigenvalue weighted by Crippen LogP contribution is -2.30. The highest BCUT2D eigenvalue weighted by atomic mass is 16.4. The van der Waals surface area contributed by atoms with Crippen LogP contribution < -0.4 is 5.73 Å². The van der Waals surface area contributed by atoms with Gasteiger partial charge in [-0.25, -0.2) is 4.98 Å². The van der Waals surface area contributed by atoms with Crippen LogP contribution in [0.2, 0.25) is 0 Å². The maximum atomic E-state index is 5.77. The number of nitrogens with two attached hydrogens (primary N) is 1. The van der Waals surface area contributed by atoms with Gasteiger partial charge in [0, 0.05) is 11.8 Å². The van der Waals surface area contributed by atoms with Gasteiger partial charge in [0.2, 0.25) is 5.89 Å². The molecule has 1 saturated carbocycles. The highest BCUT2D eigenvalue weighted by molar-refractivity contribution is 5.15. The molecule has 1 aliphatic rings. The zero-order valence-electron chi connectivity index (χ0n) is 8.97. The Morgan fingerprint density at radius 3 is 2.71 bits per heavy atom. The van der Waals surface area contributed by atoms with Gasteiger partial charge in [-0.05, 0) is 26.3 Å². The minimum Gasteiger partial charge on any atom is -0.445 e. The Kier molecular flexibility index (Phi) is 2.35. The second-order valence-electron chi connectivity index (χ2n) is 4.48. The van der Waals surface area contributed by atoms with Gasteiger partial charge in [-0.3, -0.25) is 0 Å². The van der Waals surface area contributed by atoms with Crippen LogP contribution in [0.25, 0.3) is 0 Å². The highest BCUT2D eigenvalue weighted by Crippen LogP contribution is 2.43. The summed E-state index contributed by atoms with van der Waals surface area (Å²) >= 11 is 0. The van der Waals surface area contributed by atoms with Gasteiger partial charge in [0.05, 0.1) is 5.69 Å². The quantitative estimate of drug-likeness (QED) is 0.799. The minimum atomic E-state index is 0.206. The topological polar surface area (TPSA) is 52.0 Å². The molecule has 78 valence electrons. The molecule has 1 aromatic heterocycles. The van der Waals surface area contributed by atoms with Crippen LogP contribution in [0.3, 0.4) is 0 Å². The lowest BCUT2D eigenvalue weighted by atomic mass is 9.70. The number of nitrogens with zero attached hydrogens (tertiary/aromatic N) is 1. The third-order valence-corrected chi connectivity index (χ3v) is 3.24. The van der Waals surface area contributed by atoms with Gasteiger partial charge < -0.3 is 10.2 Å². The van der Waals surface area contributed by atoms with Crippen LogP contribution in [-0.2, 0) is 11.8 Å². The highest BCUT2D eigenvalue weighted by Gasteiger charge is 2.38. The van der Waals surface area contributed by atoms with E-state index in [1.807, 2.05) is 6.92 Å². The molecule has 1 fully saturated rings. The van der Waals surface area contributed by atoms with E-state index >= 15 is 0 Å². The molecule has 0 aromatic carbocycles. The summed E-state index contributed by atoms with van der Waals surface area (Å²) in [5, 5.41) is 0. The molecule has 3 heteroatoms. The SMILES string of the molecule is Cc1nc(C2(C)CCC2)oc1CCN. The van der Waals surface area contributed by atoms with Crippen LogP contribution in [0.15, 0.2) is 4.42 Å². The van der Waals surface area contributed by atoms with E-state index in [-0.39, 0.29) is 5.41 Å². The lowest BCUT2D eigenvalue weighted by molar-refractivity contribution is 0.210. The van der Waals surface area contributed by atoms with Crippen molar-refractivity contribution in [2.45, 2.75) is 44.9 Å². The Bertz CT molecular complexity index is 326. The molecule has 0 radical (unpaired) electrons. The maximum absolute atomic E-state index is 5.77. The van der Waals surface area contributed by atoms with E-state index in [0.717, 1.165) is 23.8 Å². The summed E-state index contributed by atoms with van der Waals surface area (Å²) in [6, 6.07) is 0. The largest absolute Gasteiger partial charge is 0.445 e. The number of rotatable bonds is 3. The smallest absolute Gasteiger partial charge is 0.200 e. The summed E-state index contributed by atoms with van der Waals surface area (Å²) < 4.78 is 5.77. The van der Waals surface area contributed by atoms with E-state index in [2.05, 4.69) is 11.9 Å². The number of aryl methyl sites for hydroxylation is 1.